The molecular formula is C10H7BrF2N2O. The topological polar surface area (TPSA) is 38.1 Å². The number of aromatic nitrogens is 1. The van der Waals surface area contributed by atoms with Crippen LogP contribution in [-0.2, 0) is 6.54 Å². The second-order valence-electron chi connectivity index (χ2n) is 3.07. The number of hydrogen-bond acceptors (Lipinski definition) is 3. The highest BCUT2D eigenvalue weighted by Crippen LogP contribution is 2.23. The maximum Gasteiger partial charge on any atom is 0.180 e. The molecule has 2 aromatic rings. The van der Waals surface area contributed by atoms with Crippen LogP contribution in [0.4, 0.5) is 14.5 Å². The molecule has 6 heteroatoms. The third-order valence-electron chi connectivity index (χ3n) is 1.95. The molecule has 0 aliphatic carbocycles. The van der Waals surface area contributed by atoms with Gasteiger partial charge in [0.15, 0.2) is 6.39 Å². The smallest absolute Gasteiger partial charge is 0.180 e. The van der Waals surface area contributed by atoms with Gasteiger partial charge in [-0.15, -0.1) is 0 Å². The summed E-state index contributed by atoms with van der Waals surface area (Å²) in [7, 11) is 0. The first-order chi connectivity index (χ1) is 7.66. The molecule has 0 saturated heterocycles. The molecule has 0 fully saturated rings. The molecule has 0 atom stereocenters. The Kier molecular flexibility index (Phi) is 3.19. The second kappa shape index (κ2) is 4.61. The van der Waals surface area contributed by atoms with Gasteiger partial charge in [-0.1, -0.05) is 0 Å². The molecule has 0 spiro atoms. The zero-order valence-electron chi connectivity index (χ0n) is 8.01. The molecule has 1 heterocycles. The van der Waals surface area contributed by atoms with Gasteiger partial charge in [-0.25, -0.2) is 13.8 Å². The fourth-order valence-electron chi connectivity index (χ4n) is 1.17. The molecule has 0 aliphatic rings. The number of nitrogens with zero attached hydrogens (tertiary/aromatic N) is 1. The minimum Gasteiger partial charge on any atom is -0.447 e. The van der Waals surface area contributed by atoms with Crippen molar-refractivity contribution in [2.24, 2.45) is 0 Å². The number of benzene rings is 1. The molecular weight excluding hydrogens is 282 g/mol. The van der Waals surface area contributed by atoms with Crippen LogP contribution in [-0.4, -0.2) is 4.98 Å². The first-order valence-electron chi connectivity index (χ1n) is 4.42. The van der Waals surface area contributed by atoms with E-state index >= 15 is 0 Å². The lowest BCUT2D eigenvalue weighted by Gasteiger charge is -2.06. The van der Waals surface area contributed by atoms with Gasteiger partial charge in [0, 0.05) is 6.07 Å². The summed E-state index contributed by atoms with van der Waals surface area (Å²) in [5.74, 6) is -0.517. The van der Waals surface area contributed by atoms with Crippen molar-refractivity contribution in [1.29, 1.82) is 0 Å². The predicted molar refractivity (Wildman–Crippen MR) is 57.9 cm³/mol. The number of halogens is 3. The first-order valence-corrected chi connectivity index (χ1v) is 5.22. The molecule has 1 N–H and O–H groups in total. The zero-order chi connectivity index (χ0) is 11.5. The lowest BCUT2D eigenvalue weighted by molar-refractivity contribution is 0.510. The van der Waals surface area contributed by atoms with E-state index in [1.54, 1.807) is 0 Å². The van der Waals surface area contributed by atoms with Crippen LogP contribution in [0, 0.1) is 11.6 Å². The molecule has 3 nitrogen and oxygen atoms in total. The minimum absolute atomic E-state index is 0.0806. The largest absolute Gasteiger partial charge is 0.447 e. The van der Waals surface area contributed by atoms with E-state index in [-0.39, 0.29) is 16.7 Å². The van der Waals surface area contributed by atoms with Crippen LogP contribution >= 0.6 is 15.9 Å². The van der Waals surface area contributed by atoms with Crippen molar-refractivity contribution in [1.82, 2.24) is 4.98 Å². The standard InChI is InChI=1S/C10H7BrF2N2O/c11-7-1-9(13)10(2-8(7)12)15-4-6-3-14-5-16-6/h1-3,5,15H,4H2. The van der Waals surface area contributed by atoms with Crippen molar-refractivity contribution in [3.8, 4) is 0 Å². The van der Waals surface area contributed by atoms with Gasteiger partial charge in [0.25, 0.3) is 0 Å². The molecule has 2 rings (SSSR count). The normalized spacial score (nSPS) is 10.4. The minimum atomic E-state index is -0.534. The second-order valence-corrected chi connectivity index (χ2v) is 3.92. The number of anilines is 1. The quantitative estimate of drug-likeness (QED) is 0.881. The summed E-state index contributed by atoms with van der Waals surface area (Å²) < 4.78 is 31.5. The van der Waals surface area contributed by atoms with E-state index in [1.807, 2.05) is 0 Å². The van der Waals surface area contributed by atoms with Crippen molar-refractivity contribution >= 4 is 21.6 Å². The highest BCUT2D eigenvalue weighted by atomic mass is 79.9. The van der Waals surface area contributed by atoms with Gasteiger partial charge in [0.2, 0.25) is 0 Å². The van der Waals surface area contributed by atoms with Gasteiger partial charge in [0.1, 0.15) is 17.4 Å². The van der Waals surface area contributed by atoms with Crippen molar-refractivity contribution in [3.05, 3.63) is 46.6 Å². The van der Waals surface area contributed by atoms with Gasteiger partial charge in [-0.2, -0.15) is 0 Å². The average molecular weight is 289 g/mol. The number of hydrogen-bond donors (Lipinski definition) is 1. The molecule has 0 bridgehead atoms. The molecule has 0 saturated carbocycles. The molecule has 0 aliphatic heterocycles. The SMILES string of the molecule is Fc1cc(NCc2cnco2)c(F)cc1Br. The Balaban J connectivity index is 2.12. The first kappa shape index (κ1) is 11.1. The van der Waals surface area contributed by atoms with Crippen LogP contribution < -0.4 is 5.32 Å². The number of nitrogens with one attached hydrogen (secondary N) is 1. The Hall–Kier alpha value is -1.43. The fraction of sp³-hybridized carbons (Fsp3) is 0.100. The van der Waals surface area contributed by atoms with Gasteiger partial charge in [0.05, 0.1) is 22.9 Å². The predicted octanol–water partition coefficient (Wildman–Crippen LogP) is 3.33. The van der Waals surface area contributed by atoms with E-state index in [4.69, 9.17) is 4.42 Å². The number of oxazole rings is 1. The highest BCUT2D eigenvalue weighted by Gasteiger charge is 2.08. The Morgan fingerprint density at radius 2 is 2.12 bits per heavy atom. The van der Waals surface area contributed by atoms with Crippen molar-refractivity contribution in [2.75, 3.05) is 5.32 Å². The average Bonchev–Trinajstić information content (AvgIpc) is 2.74. The molecule has 0 radical (unpaired) electrons. The molecule has 84 valence electrons. The third kappa shape index (κ3) is 2.38. The lowest BCUT2D eigenvalue weighted by Crippen LogP contribution is -2.01. The van der Waals surface area contributed by atoms with Gasteiger partial charge in [-0.05, 0) is 22.0 Å². The molecule has 0 amide bonds. The van der Waals surface area contributed by atoms with E-state index in [1.165, 1.54) is 12.6 Å². The number of rotatable bonds is 3. The fourth-order valence-corrected chi connectivity index (χ4v) is 1.49. The van der Waals surface area contributed by atoms with E-state index in [0.29, 0.717) is 5.76 Å². The van der Waals surface area contributed by atoms with E-state index in [9.17, 15) is 8.78 Å². The van der Waals surface area contributed by atoms with E-state index < -0.39 is 11.6 Å². The van der Waals surface area contributed by atoms with Crippen LogP contribution in [0.2, 0.25) is 0 Å². The van der Waals surface area contributed by atoms with Gasteiger partial charge < -0.3 is 9.73 Å². The highest BCUT2D eigenvalue weighted by molar-refractivity contribution is 9.10. The van der Waals surface area contributed by atoms with Crippen LogP contribution in [0.3, 0.4) is 0 Å². The van der Waals surface area contributed by atoms with Crippen molar-refractivity contribution < 1.29 is 13.2 Å². The molecule has 1 aromatic carbocycles. The van der Waals surface area contributed by atoms with Crippen molar-refractivity contribution in [3.63, 3.8) is 0 Å². The maximum atomic E-state index is 13.4. The van der Waals surface area contributed by atoms with E-state index in [2.05, 4.69) is 26.2 Å². The van der Waals surface area contributed by atoms with Crippen molar-refractivity contribution in [2.45, 2.75) is 6.54 Å². The Bertz CT molecular complexity index is 488. The van der Waals surface area contributed by atoms with Crippen LogP contribution in [0.25, 0.3) is 0 Å². The zero-order valence-corrected chi connectivity index (χ0v) is 9.59. The lowest BCUT2D eigenvalue weighted by atomic mass is 10.3. The van der Waals surface area contributed by atoms with E-state index in [0.717, 1.165) is 12.1 Å². The Morgan fingerprint density at radius 3 is 2.81 bits per heavy atom. The molecule has 1 aromatic heterocycles. The van der Waals surface area contributed by atoms with Gasteiger partial charge >= 0.3 is 0 Å². The summed E-state index contributed by atoms with van der Waals surface area (Å²) in [5.41, 5.74) is 0.0806. The summed E-state index contributed by atoms with van der Waals surface area (Å²) in [6.45, 7) is 0.248. The molecule has 16 heavy (non-hydrogen) atoms. The molecule has 0 unspecified atom stereocenters. The van der Waals surface area contributed by atoms with Crippen LogP contribution in [0.1, 0.15) is 5.76 Å². The van der Waals surface area contributed by atoms with Gasteiger partial charge in [-0.3, -0.25) is 0 Å². The monoisotopic (exact) mass is 288 g/mol. The summed E-state index contributed by atoms with van der Waals surface area (Å²) in [5, 5.41) is 2.71. The van der Waals surface area contributed by atoms with Crippen LogP contribution in [0.5, 0.6) is 0 Å². The summed E-state index contributed by atoms with van der Waals surface area (Å²) in [6.07, 6.45) is 2.77. The van der Waals surface area contributed by atoms with Crippen LogP contribution in [0.15, 0.2) is 33.6 Å². The summed E-state index contributed by atoms with van der Waals surface area (Å²) in [6, 6.07) is 2.15. The Labute approximate surface area is 98.6 Å². The summed E-state index contributed by atoms with van der Waals surface area (Å²) in [4.78, 5) is 3.71. The Morgan fingerprint density at radius 1 is 1.31 bits per heavy atom. The maximum absolute atomic E-state index is 13.4. The third-order valence-corrected chi connectivity index (χ3v) is 2.55. The summed E-state index contributed by atoms with van der Waals surface area (Å²) >= 11 is 2.90.